The summed E-state index contributed by atoms with van der Waals surface area (Å²) in [5.41, 5.74) is 2.80. The third-order valence-corrected chi connectivity index (χ3v) is 7.18. The molecule has 2 heteroatoms. The van der Waals surface area contributed by atoms with E-state index in [2.05, 4.69) is 60.7 Å². The second-order valence-corrected chi connectivity index (χ2v) is 8.69. The first kappa shape index (κ1) is 18.7. The van der Waals surface area contributed by atoms with Crippen LogP contribution in [0.2, 0.25) is 0 Å². The summed E-state index contributed by atoms with van der Waals surface area (Å²) in [6.07, 6.45) is 9.19. The highest BCUT2D eigenvalue weighted by atomic mass is 16.5. The molecule has 2 aromatic carbocycles. The minimum Gasteiger partial charge on any atom is -0.366 e. The first-order valence-electron chi connectivity index (χ1n) is 10.7. The lowest BCUT2D eigenvalue weighted by Crippen LogP contribution is -2.48. The topological polar surface area (TPSA) is 40.5 Å². The maximum atomic E-state index is 10.2. The fourth-order valence-electron chi connectivity index (χ4n) is 5.96. The zero-order valence-electron chi connectivity index (χ0n) is 16.2. The van der Waals surface area contributed by atoms with Gasteiger partial charge < -0.3 is 10.2 Å². The van der Waals surface area contributed by atoms with Gasteiger partial charge in [0.1, 0.15) is 0 Å². The summed E-state index contributed by atoms with van der Waals surface area (Å²) in [7, 11) is 0. The van der Waals surface area contributed by atoms with Crippen molar-refractivity contribution < 1.29 is 10.2 Å². The van der Waals surface area contributed by atoms with Crippen LogP contribution in [0.1, 0.15) is 68.9 Å². The Bertz CT molecular complexity index is 667. The number of benzene rings is 2. The molecule has 4 rings (SSSR count). The SMILES string of the molecule is OC1(O)CCC(C(c2ccccc2)(c2ccccc2)C2CCCCC2)CC1. The Morgan fingerprint density at radius 3 is 1.56 bits per heavy atom. The summed E-state index contributed by atoms with van der Waals surface area (Å²) in [5.74, 6) is -0.425. The van der Waals surface area contributed by atoms with Gasteiger partial charge in [-0.3, -0.25) is 0 Å². The van der Waals surface area contributed by atoms with Crippen LogP contribution >= 0.6 is 0 Å². The molecule has 0 aliphatic heterocycles. The molecule has 0 amide bonds. The van der Waals surface area contributed by atoms with E-state index < -0.39 is 5.79 Å². The molecule has 27 heavy (non-hydrogen) atoms. The van der Waals surface area contributed by atoms with Crippen LogP contribution in [-0.2, 0) is 5.41 Å². The van der Waals surface area contributed by atoms with E-state index in [1.54, 1.807) is 0 Å². The van der Waals surface area contributed by atoms with E-state index in [4.69, 9.17) is 0 Å². The van der Waals surface area contributed by atoms with E-state index in [9.17, 15) is 10.2 Å². The largest absolute Gasteiger partial charge is 0.366 e. The summed E-state index contributed by atoms with van der Waals surface area (Å²) in [5, 5.41) is 20.3. The van der Waals surface area contributed by atoms with Crippen molar-refractivity contribution in [3.63, 3.8) is 0 Å². The summed E-state index contributed by atoms with van der Waals surface area (Å²) in [6.45, 7) is 0. The van der Waals surface area contributed by atoms with Gasteiger partial charge in [-0.1, -0.05) is 79.9 Å². The van der Waals surface area contributed by atoms with Gasteiger partial charge in [0, 0.05) is 18.3 Å². The molecule has 2 aliphatic carbocycles. The molecule has 144 valence electrons. The van der Waals surface area contributed by atoms with Crippen molar-refractivity contribution in [1.82, 2.24) is 0 Å². The molecular weight excluding hydrogens is 332 g/mol. The smallest absolute Gasteiger partial charge is 0.162 e. The van der Waals surface area contributed by atoms with Crippen molar-refractivity contribution in [2.24, 2.45) is 11.8 Å². The fourth-order valence-corrected chi connectivity index (χ4v) is 5.96. The summed E-state index contributed by atoms with van der Waals surface area (Å²) < 4.78 is 0. The fraction of sp³-hybridized carbons (Fsp3) is 0.520. The summed E-state index contributed by atoms with van der Waals surface area (Å²) in [4.78, 5) is 0. The molecule has 2 fully saturated rings. The number of aliphatic hydroxyl groups is 2. The van der Waals surface area contributed by atoms with Crippen molar-refractivity contribution in [3.05, 3.63) is 71.8 Å². The van der Waals surface area contributed by atoms with Gasteiger partial charge in [0.05, 0.1) is 0 Å². The second kappa shape index (κ2) is 7.77. The zero-order valence-corrected chi connectivity index (χ0v) is 16.2. The Morgan fingerprint density at radius 2 is 1.07 bits per heavy atom. The molecule has 0 bridgehead atoms. The van der Waals surface area contributed by atoms with Crippen LogP contribution in [0.4, 0.5) is 0 Å². The van der Waals surface area contributed by atoms with Gasteiger partial charge in [0.2, 0.25) is 0 Å². The van der Waals surface area contributed by atoms with Crippen LogP contribution < -0.4 is 0 Å². The summed E-state index contributed by atoms with van der Waals surface area (Å²) >= 11 is 0. The molecule has 2 aliphatic rings. The maximum Gasteiger partial charge on any atom is 0.162 e. The number of hydrogen-bond acceptors (Lipinski definition) is 2. The van der Waals surface area contributed by atoms with Crippen LogP contribution in [0.3, 0.4) is 0 Å². The molecule has 0 atom stereocenters. The van der Waals surface area contributed by atoms with E-state index in [0.29, 0.717) is 24.7 Å². The van der Waals surface area contributed by atoms with Crippen molar-refractivity contribution >= 4 is 0 Å². The zero-order chi connectivity index (χ0) is 18.7. The van der Waals surface area contributed by atoms with Gasteiger partial charge in [-0.15, -0.1) is 0 Å². The van der Waals surface area contributed by atoms with Gasteiger partial charge in [-0.2, -0.15) is 0 Å². The van der Waals surface area contributed by atoms with Gasteiger partial charge in [-0.25, -0.2) is 0 Å². The first-order valence-corrected chi connectivity index (χ1v) is 10.7. The van der Waals surface area contributed by atoms with Crippen LogP contribution in [0, 0.1) is 11.8 Å². The molecule has 2 N–H and O–H groups in total. The molecule has 0 saturated heterocycles. The monoisotopic (exact) mass is 364 g/mol. The van der Waals surface area contributed by atoms with E-state index in [0.717, 1.165) is 12.8 Å². The van der Waals surface area contributed by atoms with Gasteiger partial charge in [0.25, 0.3) is 0 Å². The first-order chi connectivity index (χ1) is 13.1. The Balaban J connectivity index is 1.86. The lowest BCUT2D eigenvalue weighted by atomic mass is 9.53. The number of hydrogen-bond donors (Lipinski definition) is 2. The van der Waals surface area contributed by atoms with Crippen LogP contribution in [-0.4, -0.2) is 16.0 Å². The van der Waals surface area contributed by atoms with Gasteiger partial charge >= 0.3 is 0 Å². The average molecular weight is 365 g/mol. The molecule has 0 aromatic heterocycles. The molecule has 2 aromatic rings. The molecule has 0 spiro atoms. The van der Waals surface area contributed by atoms with Crippen LogP contribution in [0.25, 0.3) is 0 Å². The standard InChI is InChI=1S/C25H32O2/c26-24(27)18-16-23(17-19-24)25(20-10-4-1-5-11-20,21-12-6-2-7-13-21)22-14-8-3-9-15-22/h1-2,4-7,10-13,22-23,26-27H,3,8-9,14-19H2. The highest BCUT2D eigenvalue weighted by molar-refractivity contribution is 5.42. The van der Waals surface area contributed by atoms with Crippen molar-refractivity contribution in [3.8, 4) is 0 Å². The van der Waals surface area contributed by atoms with Crippen LogP contribution in [0.15, 0.2) is 60.7 Å². The van der Waals surface area contributed by atoms with Crippen molar-refractivity contribution in [1.29, 1.82) is 0 Å². The minimum atomic E-state index is -1.48. The van der Waals surface area contributed by atoms with Gasteiger partial charge in [0.15, 0.2) is 5.79 Å². The Morgan fingerprint density at radius 1 is 0.630 bits per heavy atom. The minimum absolute atomic E-state index is 0.0283. The normalized spacial score (nSPS) is 21.9. The lowest BCUT2D eigenvalue weighted by Gasteiger charge is -2.51. The molecule has 0 heterocycles. The van der Waals surface area contributed by atoms with E-state index >= 15 is 0 Å². The van der Waals surface area contributed by atoms with Crippen LogP contribution in [0.5, 0.6) is 0 Å². The second-order valence-electron chi connectivity index (χ2n) is 8.69. The summed E-state index contributed by atoms with van der Waals surface area (Å²) in [6, 6.07) is 22.1. The molecular formula is C25H32O2. The molecule has 2 saturated carbocycles. The van der Waals surface area contributed by atoms with E-state index in [1.807, 2.05) is 0 Å². The Labute approximate surface area is 163 Å². The van der Waals surface area contributed by atoms with E-state index in [-0.39, 0.29) is 5.41 Å². The predicted molar refractivity (Wildman–Crippen MR) is 109 cm³/mol. The third-order valence-electron chi connectivity index (χ3n) is 7.18. The predicted octanol–water partition coefficient (Wildman–Crippen LogP) is 5.42. The van der Waals surface area contributed by atoms with Crippen molar-refractivity contribution in [2.45, 2.75) is 69.0 Å². The molecule has 0 radical (unpaired) electrons. The Kier molecular flexibility index (Phi) is 5.39. The highest BCUT2D eigenvalue weighted by Crippen LogP contribution is 2.55. The Hall–Kier alpha value is -1.64. The maximum absolute atomic E-state index is 10.2. The average Bonchev–Trinajstić information content (AvgIpc) is 2.72. The third kappa shape index (κ3) is 3.58. The molecule has 2 nitrogen and oxygen atoms in total. The molecule has 0 unspecified atom stereocenters. The van der Waals surface area contributed by atoms with Gasteiger partial charge in [-0.05, 0) is 48.6 Å². The van der Waals surface area contributed by atoms with E-state index in [1.165, 1.54) is 43.2 Å². The van der Waals surface area contributed by atoms with Crippen molar-refractivity contribution in [2.75, 3.05) is 0 Å². The number of rotatable bonds is 4. The highest BCUT2D eigenvalue weighted by Gasteiger charge is 2.50. The lowest BCUT2D eigenvalue weighted by molar-refractivity contribution is -0.190. The quantitative estimate of drug-likeness (QED) is 0.711.